The molecule has 0 aliphatic carbocycles. The highest BCUT2D eigenvalue weighted by atomic mass is 16.5. The molecule has 5 heteroatoms. The van der Waals surface area contributed by atoms with Gasteiger partial charge in [0, 0.05) is 20.6 Å². The van der Waals surface area contributed by atoms with Crippen molar-refractivity contribution in [1.82, 2.24) is 5.32 Å². The average molecular weight is 191 g/mol. The van der Waals surface area contributed by atoms with Gasteiger partial charge in [0.2, 0.25) is 5.91 Å². The number of aliphatic hydroxyl groups is 2. The van der Waals surface area contributed by atoms with Gasteiger partial charge in [-0.15, -0.1) is 0 Å². The maximum Gasteiger partial charge on any atom is 0.248 e. The molecule has 0 bridgehead atoms. The maximum absolute atomic E-state index is 11.0. The van der Waals surface area contributed by atoms with Crippen LogP contribution in [-0.2, 0) is 9.53 Å². The number of hydrogen-bond donors (Lipinski definition) is 3. The molecule has 78 valence electrons. The minimum atomic E-state index is -0.455. The van der Waals surface area contributed by atoms with Gasteiger partial charge in [0.05, 0.1) is 12.7 Å². The van der Waals surface area contributed by atoms with E-state index in [0.29, 0.717) is 19.4 Å². The van der Waals surface area contributed by atoms with Gasteiger partial charge >= 0.3 is 0 Å². The van der Waals surface area contributed by atoms with Crippen LogP contribution in [0.1, 0.15) is 12.8 Å². The van der Waals surface area contributed by atoms with Crippen LogP contribution in [0.4, 0.5) is 0 Å². The minimum Gasteiger partial charge on any atom is -0.400 e. The number of carbonyl (C=O) groups excluding carboxylic acids is 1. The summed E-state index contributed by atoms with van der Waals surface area (Å²) in [5.41, 5.74) is 0. The van der Waals surface area contributed by atoms with Crippen LogP contribution < -0.4 is 5.32 Å². The SMILES string of the molecule is CNC(=O)C1CC(O)CCO1.CO. The van der Waals surface area contributed by atoms with Crippen molar-refractivity contribution < 1.29 is 19.7 Å². The average Bonchev–Trinajstić information content (AvgIpc) is 2.20. The van der Waals surface area contributed by atoms with E-state index in [9.17, 15) is 4.79 Å². The Balaban J connectivity index is 0.000000671. The third-order valence-electron chi connectivity index (χ3n) is 1.80. The van der Waals surface area contributed by atoms with Crippen LogP contribution in [0.3, 0.4) is 0 Å². The van der Waals surface area contributed by atoms with Gasteiger partial charge in [-0.05, 0) is 6.42 Å². The topological polar surface area (TPSA) is 78.8 Å². The number of aliphatic hydroxyl groups excluding tert-OH is 2. The Labute approximate surface area is 77.7 Å². The highest BCUT2D eigenvalue weighted by Crippen LogP contribution is 2.13. The van der Waals surface area contributed by atoms with Crippen LogP contribution in [0.15, 0.2) is 0 Å². The van der Waals surface area contributed by atoms with Gasteiger partial charge < -0.3 is 20.3 Å². The van der Waals surface area contributed by atoms with Gasteiger partial charge in [0.15, 0.2) is 0 Å². The van der Waals surface area contributed by atoms with Gasteiger partial charge in [-0.3, -0.25) is 4.79 Å². The first-order chi connectivity index (χ1) is 6.24. The summed E-state index contributed by atoms with van der Waals surface area (Å²) < 4.78 is 5.13. The summed E-state index contributed by atoms with van der Waals surface area (Å²) in [6.07, 6.45) is 0.211. The highest BCUT2D eigenvalue weighted by molar-refractivity contribution is 5.80. The predicted molar refractivity (Wildman–Crippen MR) is 47.2 cm³/mol. The number of likely N-dealkylation sites (N-methyl/N-ethyl adjacent to an activating group) is 1. The van der Waals surface area contributed by atoms with Crippen molar-refractivity contribution in [3.05, 3.63) is 0 Å². The smallest absolute Gasteiger partial charge is 0.248 e. The summed E-state index contributed by atoms with van der Waals surface area (Å²) in [6, 6.07) is 0. The second-order valence-electron chi connectivity index (χ2n) is 2.65. The largest absolute Gasteiger partial charge is 0.400 e. The number of hydrogen-bond acceptors (Lipinski definition) is 4. The minimum absolute atomic E-state index is 0.149. The van der Waals surface area contributed by atoms with E-state index in [0.717, 1.165) is 7.11 Å². The fraction of sp³-hybridized carbons (Fsp3) is 0.875. The fourth-order valence-electron chi connectivity index (χ4n) is 1.12. The molecule has 1 aliphatic heterocycles. The lowest BCUT2D eigenvalue weighted by Gasteiger charge is -2.24. The number of nitrogens with one attached hydrogen (secondary N) is 1. The summed E-state index contributed by atoms with van der Waals surface area (Å²) in [5.74, 6) is -0.149. The molecule has 1 amide bonds. The summed E-state index contributed by atoms with van der Waals surface area (Å²) in [7, 11) is 2.56. The third kappa shape index (κ3) is 4.21. The monoisotopic (exact) mass is 191 g/mol. The van der Waals surface area contributed by atoms with Crippen LogP contribution in [0.5, 0.6) is 0 Å². The maximum atomic E-state index is 11.0. The molecule has 0 radical (unpaired) electrons. The Hall–Kier alpha value is -0.650. The van der Waals surface area contributed by atoms with E-state index in [2.05, 4.69) is 5.32 Å². The molecule has 13 heavy (non-hydrogen) atoms. The van der Waals surface area contributed by atoms with Crippen molar-refractivity contribution >= 4 is 5.91 Å². The fourth-order valence-corrected chi connectivity index (χ4v) is 1.12. The molecule has 0 aromatic carbocycles. The molecular formula is C8H17NO4. The number of rotatable bonds is 1. The first kappa shape index (κ1) is 12.3. The van der Waals surface area contributed by atoms with Crippen molar-refractivity contribution in [2.45, 2.75) is 25.0 Å². The first-order valence-electron chi connectivity index (χ1n) is 4.20. The lowest BCUT2D eigenvalue weighted by molar-refractivity contribution is -0.139. The molecule has 5 nitrogen and oxygen atoms in total. The summed E-state index contributed by atoms with van der Waals surface area (Å²) in [6.45, 7) is 0.471. The summed E-state index contributed by atoms with van der Waals surface area (Å²) >= 11 is 0. The molecule has 0 aromatic heterocycles. The van der Waals surface area contributed by atoms with Gasteiger partial charge in [0.25, 0.3) is 0 Å². The van der Waals surface area contributed by atoms with E-state index in [1.54, 1.807) is 7.05 Å². The standard InChI is InChI=1S/C7H13NO3.CH4O/c1-8-7(10)6-4-5(9)2-3-11-6;1-2/h5-6,9H,2-4H2,1H3,(H,8,10);2H,1H3. The van der Waals surface area contributed by atoms with Crippen LogP contribution in [0.2, 0.25) is 0 Å². The number of ether oxygens (including phenoxy) is 1. The molecule has 1 rings (SSSR count). The second-order valence-corrected chi connectivity index (χ2v) is 2.65. The Morgan fingerprint density at radius 1 is 1.54 bits per heavy atom. The molecule has 3 N–H and O–H groups in total. The Morgan fingerprint density at radius 3 is 2.62 bits per heavy atom. The van der Waals surface area contributed by atoms with Gasteiger partial charge in [-0.1, -0.05) is 0 Å². The van der Waals surface area contributed by atoms with Crippen molar-refractivity contribution in [2.24, 2.45) is 0 Å². The van der Waals surface area contributed by atoms with Crippen molar-refractivity contribution in [1.29, 1.82) is 0 Å². The van der Waals surface area contributed by atoms with Crippen molar-refractivity contribution in [2.75, 3.05) is 20.8 Å². The van der Waals surface area contributed by atoms with Gasteiger partial charge in [0.1, 0.15) is 6.10 Å². The van der Waals surface area contributed by atoms with Gasteiger partial charge in [-0.25, -0.2) is 0 Å². The van der Waals surface area contributed by atoms with Crippen LogP contribution in [0.25, 0.3) is 0 Å². The van der Waals surface area contributed by atoms with E-state index in [1.807, 2.05) is 0 Å². The highest BCUT2D eigenvalue weighted by Gasteiger charge is 2.25. The molecule has 1 aliphatic rings. The normalized spacial score (nSPS) is 27.1. The second kappa shape index (κ2) is 6.82. The Kier molecular flexibility index (Phi) is 6.48. The third-order valence-corrected chi connectivity index (χ3v) is 1.80. The summed E-state index contributed by atoms with van der Waals surface area (Å²) in [4.78, 5) is 11.0. The van der Waals surface area contributed by atoms with E-state index in [1.165, 1.54) is 0 Å². The van der Waals surface area contributed by atoms with Gasteiger partial charge in [-0.2, -0.15) is 0 Å². The van der Waals surface area contributed by atoms with Crippen molar-refractivity contribution in [3.63, 3.8) is 0 Å². The molecule has 2 unspecified atom stereocenters. The first-order valence-corrected chi connectivity index (χ1v) is 4.20. The lowest BCUT2D eigenvalue weighted by atomic mass is 10.1. The van der Waals surface area contributed by atoms with E-state index in [4.69, 9.17) is 14.9 Å². The molecule has 2 atom stereocenters. The Morgan fingerprint density at radius 2 is 2.15 bits per heavy atom. The van der Waals surface area contributed by atoms with Crippen LogP contribution in [0, 0.1) is 0 Å². The van der Waals surface area contributed by atoms with E-state index in [-0.39, 0.29) is 12.0 Å². The van der Waals surface area contributed by atoms with Crippen LogP contribution >= 0.6 is 0 Å². The molecule has 1 fully saturated rings. The Bertz CT molecular complexity index is 151. The lowest BCUT2D eigenvalue weighted by Crippen LogP contribution is -2.40. The number of carbonyl (C=O) groups is 1. The molecule has 1 saturated heterocycles. The quantitative estimate of drug-likeness (QED) is 0.490. The predicted octanol–water partition coefficient (Wildman–Crippen LogP) is -1.12. The zero-order valence-corrected chi connectivity index (χ0v) is 7.99. The molecule has 0 saturated carbocycles. The molecule has 0 aromatic rings. The van der Waals surface area contributed by atoms with Crippen LogP contribution in [-0.4, -0.2) is 49.1 Å². The summed E-state index contributed by atoms with van der Waals surface area (Å²) in [5, 5.41) is 18.6. The zero-order valence-electron chi connectivity index (χ0n) is 7.99. The van der Waals surface area contributed by atoms with E-state index < -0.39 is 6.10 Å². The van der Waals surface area contributed by atoms with Crippen molar-refractivity contribution in [3.8, 4) is 0 Å². The van der Waals surface area contributed by atoms with E-state index >= 15 is 0 Å². The molecular weight excluding hydrogens is 174 g/mol. The zero-order chi connectivity index (χ0) is 10.3. The molecule has 1 heterocycles. The molecule has 0 spiro atoms. The number of amides is 1.